The summed E-state index contributed by atoms with van der Waals surface area (Å²) >= 11 is 2.24. The van der Waals surface area contributed by atoms with Crippen LogP contribution in [0.4, 0.5) is 10.1 Å². The largest absolute Gasteiger partial charge is 0.397 e. The molecular formula is C28H27FN3O7S3+. The molecule has 1 aromatic heterocycles. The molecule has 0 radical (unpaired) electrons. The monoisotopic (exact) mass is 632 g/mol. The number of carbonyl (C=O) groups is 1. The van der Waals surface area contributed by atoms with E-state index in [1.54, 1.807) is 11.0 Å². The minimum absolute atomic E-state index is 0.309. The Morgan fingerprint density at radius 3 is 2.74 bits per heavy atom. The zero-order chi connectivity index (χ0) is 30.0. The van der Waals surface area contributed by atoms with Gasteiger partial charge in [0.25, 0.3) is 11.4 Å². The first kappa shape index (κ1) is 30.1. The summed E-state index contributed by atoms with van der Waals surface area (Å²) in [6.45, 7) is 4.32. The molecule has 2 heterocycles. The van der Waals surface area contributed by atoms with Crippen molar-refractivity contribution >= 4 is 73.4 Å². The number of amides is 1. The normalized spacial score (nSPS) is 14.7. The van der Waals surface area contributed by atoms with Gasteiger partial charge in [-0.2, -0.15) is 4.57 Å². The van der Waals surface area contributed by atoms with E-state index in [4.69, 9.17) is 9.67 Å². The molecule has 0 saturated heterocycles. The van der Waals surface area contributed by atoms with Gasteiger partial charge in [-0.3, -0.25) is 9.52 Å². The van der Waals surface area contributed by atoms with Crippen molar-refractivity contribution in [1.82, 2.24) is 4.72 Å². The van der Waals surface area contributed by atoms with E-state index < -0.39 is 21.7 Å². The first-order valence-electron chi connectivity index (χ1n) is 12.8. The van der Waals surface area contributed by atoms with E-state index in [-0.39, 0.29) is 6.54 Å². The number of nitrogens with one attached hydrogen (secondary N) is 1. The van der Waals surface area contributed by atoms with Gasteiger partial charge in [0.2, 0.25) is 15.6 Å². The van der Waals surface area contributed by atoms with Crippen LogP contribution in [0, 0.1) is 5.82 Å². The Morgan fingerprint density at radius 1 is 1.21 bits per heavy atom. The maximum Gasteiger partial charge on any atom is 0.374 e. The number of aryl methyl sites for hydroxylation is 1. The van der Waals surface area contributed by atoms with Crippen LogP contribution in [0.15, 0.2) is 79.4 Å². The molecule has 5 rings (SSSR count). The first-order valence-corrected chi connectivity index (χ1v) is 16.3. The van der Waals surface area contributed by atoms with Crippen molar-refractivity contribution < 1.29 is 41.2 Å². The van der Waals surface area contributed by atoms with Gasteiger partial charge in [0, 0.05) is 26.6 Å². The first-order chi connectivity index (χ1) is 20.1. The van der Waals surface area contributed by atoms with Gasteiger partial charge < -0.3 is 9.32 Å². The predicted molar refractivity (Wildman–Crippen MR) is 159 cm³/mol. The Labute approximate surface area is 249 Å². The number of benzene rings is 3. The van der Waals surface area contributed by atoms with Crippen molar-refractivity contribution in [2.24, 2.45) is 0 Å². The van der Waals surface area contributed by atoms with Crippen LogP contribution in [-0.2, 0) is 30.7 Å². The fraction of sp³-hybridized carbons (Fsp3) is 0.214. The molecule has 220 valence electrons. The summed E-state index contributed by atoms with van der Waals surface area (Å²) in [5.74, 6) is -0.592. The Balaban J connectivity index is 1.56. The molecule has 0 aliphatic carbocycles. The number of hydrogen-bond acceptors (Lipinski definition) is 10. The lowest BCUT2D eigenvalue weighted by Gasteiger charge is -2.20. The standard InChI is InChI=1S/C28H26FN3O7S3/c1-4-17(14-27-32(16-25(33)30-42(3,35)36)22-15-18(29)9-12-24(22)40-27)13-26-31(5-2)21-11-10-19-20(28(21)37-26)7-6-8-23(19)41-39-38-34/h6-15H,4-5,16H2,1-3H3,(H-,30,33,34)/p+1. The maximum atomic E-state index is 14.2. The molecule has 0 fully saturated rings. The molecule has 4 aromatic rings. The molecule has 1 amide bonds. The summed E-state index contributed by atoms with van der Waals surface area (Å²) in [4.78, 5) is 15.6. The zero-order valence-corrected chi connectivity index (χ0v) is 25.2. The van der Waals surface area contributed by atoms with Crippen LogP contribution >= 0.6 is 23.8 Å². The number of oxazole rings is 1. The third kappa shape index (κ3) is 6.33. The molecule has 0 saturated carbocycles. The van der Waals surface area contributed by atoms with Crippen LogP contribution in [0.25, 0.3) is 27.9 Å². The number of rotatable bonds is 10. The highest BCUT2D eigenvalue weighted by molar-refractivity contribution is 8.03. The average molecular weight is 633 g/mol. The minimum atomic E-state index is -3.76. The number of hydrogen-bond donors (Lipinski definition) is 2. The minimum Gasteiger partial charge on any atom is -0.397 e. The highest BCUT2D eigenvalue weighted by Crippen LogP contribution is 2.46. The smallest absolute Gasteiger partial charge is 0.374 e. The molecule has 0 unspecified atom stereocenters. The van der Waals surface area contributed by atoms with Crippen molar-refractivity contribution in [3.05, 3.63) is 76.9 Å². The number of sulfonamides is 1. The second kappa shape index (κ2) is 12.5. The van der Waals surface area contributed by atoms with Gasteiger partial charge in [-0.25, -0.2) is 18.1 Å². The quantitative estimate of drug-likeness (QED) is 0.0963. The van der Waals surface area contributed by atoms with Crippen molar-refractivity contribution in [3.8, 4) is 0 Å². The average Bonchev–Trinajstić information content (AvgIpc) is 3.47. The van der Waals surface area contributed by atoms with E-state index in [0.29, 0.717) is 35.2 Å². The predicted octanol–water partition coefficient (Wildman–Crippen LogP) is 5.78. The fourth-order valence-corrected chi connectivity index (χ4v) is 6.84. The van der Waals surface area contributed by atoms with E-state index in [9.17, 15) is 17.6 Å². The number of allylic oxidation sites excluding steroid dienone is 2. The Morgan fingerprint density at radius 2 is 2.02 bits per heavy atom. The van der Waals surface area contributed by atoms with E-state index in [1.165, 1.54) is 23.9 Å². The number of aromatic nitrogens is 1. The topological polar surface area (TPSA) is 122 Å². The van der Waals surface area contributed by atoms with Gasteiger partial charge in [-0.15, -0.1) is 4.33 Å². The van der Waals surface area contributed by atoms with Crippen LogP contribution < -0.4 is 14.2 Å². The third-order valence-electron chi connectivity index (χ3n) is 6.50. The number of fused-ring (bicyclic) bond motifs is 4. The van der Waals surface area contributed by atoms with E-state index >= 15 is 0 Å². The van der Waals surface area contributed by atoms with Crippen LogP contribution in [0.5, 0.6) is 0 Å². The van der Waals surface area contributed by atoms with E-state index in [1.807, 2.05) is 65.6 Å². The summed E-state index contributed by atoms with van der Waals surface area (Å²) in [5, 5.41) is 14.7. The molecular weight excluding hydrogens is 606 g/mol. The number of halogens is 1. The van der Waals surface area contributed by atoms with Crippen molar-refractivity contribution in [2.45, 2.75) is 36.6 Å². The van der Waals surface area contributed by atoms with Gasteiger partial charge >= 0.3 is 5.89 Å². The van der Waals surface area contributed by atoms with Gasteiger partial charge in [-0.1, -0.05) is 35.9 Å². The number of thioether (sulfide) groups is 1. The van der Waals surface area contributed by atoms with Gasteiger partial charge in [0.1, 0.15) is 18.9 Å². The summed E-state index contributed by atoms with van der Waals surface area (Å²) in [5.41, 5.74) is 2.91. The fourth-order valence-electron chi connectivity index (χ4n) is 4.74. The second-order valence-corrected chi connectivity index (χ2v) is 12.9. The molecule has 1 aliphatic rings. The molecule has 0 spiro atoms. The Kier molecular flexibility index (Phi) is 8.92. The molecule has 0 bridgehead atoms. The van der Waals surface area contributed by atoms with Crippen molar-refractivity contribution in [1.29, 1.82) is 0 Å². The molecule has 42 heavy (non-hydrogen) atoms. The van der Waals surface area contributed by atoms with Crippen LogP contribution in [0.1, 0.15) is 26.2 Å². The number of carbonyl (C=O) groups excluding carboxylic acids is 1. The van der Waals surface area contributed by atoms with Crippen LogP contribution in [-0.4, -0.2) is 32.4 Å². The molecule has 14 heteroatoms. The third-order valence-corrected chi connectivity index (χ3v) is 8.88. The summed E-state index contributed by atoms with van der Waals surface area (Å²) < 4.78 is 52.5. The van der Waals surface area contributed by atoms with Gasteiger partial charge in [0.05, 0.1) is 35.1 Å². The van der Waals surface area contributed by atoms with Crippen molar-refractivity contribution in [3.63, 3.8) is 0 Å². The Bertz CT molecular complexity index is 1850. The number of anilines is 1. The SMILES string of the molecule is CCC(=Cc1oc2c3cccc(SOOO)c3ccc2[n+]1CC)C=C1Sc2ccc(F)cc2N1CC(=O)NS(C)(=O)=O. The van der Waals surface area contributed by atoms with Crippen LogP contribution in [0.3, 0.4) is 0 Å². The molecule has 10 nitrogen and oxygen atoms in total. The lowest BCUT2D eigenvalue weighted by Crippen LogP contribution is -2.38. The summed E-state index contributed by atoms with van der Waals surface area (Å²) in [6, 6.07) is 13.8. The van der Waals surface area contributed by atoms with Crippen LogP contribution in [0.2, 0.25) is 0 Å². The molecule has 3 aromatic carbocycles. The van der Waals surface area contributed by atoms with E-state index in [2.05, 4.69) is 9.37 Å². The van der Waals surface area contributed by atoms with E-state index in [0.717, 1.165) is 50.0 Å². The molecule has 0 atom stereocenters. The number of nitrogens with zero attached hydrogens (tertiary/aromatic N) is 2. The second-order valence-electron chi connectivity index (χ2n) is 9.33. The lowest BCUT2D eigenvalue weighted by molar-refractivity contribution is -0.674. The lowest BCUT2D eigenvalue weighted by atomic mass is 10.1. The summed E-state index contributed by atoms with van der Waals surface area (Å²) in [7, 11) is -3.76. The Hall–Kier alpha value is -3.40. The molecule has 1 aliphatic heterocycles. The molecule has 2 N–H and O–H groups in total. The zero-order valence-electron chi connectivity index (χ0n) is 22.8. The highest BCUT2D eigenvalue weighted by atomic mass is 32.2. The van der Waals surface area contributed by atoms with Gasteiger partial charge in [-0.05, 0) is 55.3 Å². The van der Waals surface area contributed by atoms with Crippen molar-refractivity contribution in [2.75, 3.05) is 17.7 Å². The van der Waals surface area contributed by atoms with Gasteiger partial charge in [0.15, 0.2) is 0 Å². The highest BCUT2D eigenvalue weighted by Gasteiger charge is 2.29. The summed E-state index contributed by atoms with van der Waals surface area (Å²) in [6.07, 6.45) is 5.33. The maximum absolute atomic E-state index is 14.2.